The molecule has 0 saturated carbocycles. The molecule has 0 radical (unpaired) electrons. The van der Waals surface area contributed by atoms with E-state index in [2.05, 4.69) is 27.8 Å². The maximum absolute atomic E-state index is 5.15. The van der Waals surface area contributed by atoms with E-state index in [1.807, 2.05) is 24.3 Å². The molecule has 0 amide bonds. The van der Waals surface area contributed by atoms with Crippen LogP contribution in [0.4, 0.5) is 5.69 Å². The van der Waals surface area contributed by atoms with Gasteiger partial charge in [0, 0.05) is 22.8 Å². The Balaban J connectivity index is 2.66. The first-order chi connectivity index (χ1) is 6.76. The van der Waals surface area contributed by atoms with E-state index in [-0.39, 0.29) is 0 Å². The molecular formula is C11H14BrNO. The number of rotatable bonds is 5. The van der Waals surface area contributed by atoms with Crippen LogP contribution in [-0.4, -0.2) is 13.7 Å². The van der Waals surface area contributed by atoms with Crippen LogP contribution < -0.4 is 10.1 Å². The van der Waals surface area contributed by atoms with Gasteiger partial charge in [-0.05, 0) is 18.6 Å². The number of anilines is 1. The van der Waals surface area contributed by atoms with Crippen molar-refractivity contribution < 1.29 is 4.74 Å². The summed E-state index contributed by atoms with van der Waals surface area (Å²) < 4.78 is 6.16. The summed E-state index contributed by atoms with van der Waals surface area (Å²) in [5.41, 5.74) is 1.05. The Hall–Kier alpha value is -0.960. The van der Waals surface area contributed by atoms with Gasteiger partial charge in [-0.15, -0.1) is 6.58 Å². The second-order valence-corrected chi connectivity index (χ2v) is 3.80. The number of methoxy groups -OCH3 is 1. The molecule has 1 aromatic rings. The fraction of sp³-hybridized carbons (Fsp3) is 0.273. The molecule has 0 unspecified atom stereocenters. The van der Waals surface area contributed by atoms with Gasteiger partial charge in [0.15, 0.2) is 0 Å². The van der Waals surface area contributed by atoms with Crippen LogP contribution in [-0.2, 0) is 0 Å². The van der Waals surface area contributed by atoms with Gasteiger partial charge in [-0.25, -0.2) is 0 Å². The van der Waals surface area contributed by atoms with Crippen LogP contribution in [0, 0.1) is 0 Å². The lowest BCUT2D eigenvalue weighted by Crippen LogP contribution is -2.00. The van der Waals surface area contributed by atoms with Crippen LogP contribution in [0.2, 0.25) is 0 Å². The smallest absolute Gasteiger partial charge is 0.122 e. The lowest BCUT2D eigenvalue weighted by molar-refractivity contribution is 0.414. The van der Waals surface area contributed by atoms with Crippen molar-refractivity contribution >= 4 is 21.6 Å². The Morgan fingerprint density at radius 1 is 1.50 bits per heavy atom. The van der Waals surface area contributed by atoms with E-state index in [0.717, 1.165) is 28.9 Å². The molecular weight excluding hydrogens is 242 g/mol. The van der Waals surface area contributed by atoms with Crippen molar-refractivity contribution in [3.05, 3.63) is 35.3 Å². The minimum atomic E-state index is 0.848. The first kappa shape index (κ1) is 11.1. The topological polar surface area (TPSA) is 21.3 Å². The molecule has 0 aliphatic rings. The summed E-state index contributed by atoms with van der Waals surface area (Å²) in [4.78, 5) is 0. The molecule has 0 fully saturated rings. The summed E-state index contributed by atoms with van der Waals surface area (Å²) >= 11 is 3.42. The Bertz CT molecular complexity index is 312. The van der Waals surface area contributed by atoms with E-state index >= 15 is 0 Å². The quantitative estimate of drug-likeness (QED) is 0.643. The second kappa shape index (κ2) is 5.70. The van der Waals surface area contributed by atoms with Gasteiger partial charge in [-0.3, -0.25) is 0 Å². The normalized spacial score (nSPS) is 9.57. The molecule has 0 aliphatic carbocycles. The maximum Gasteiger partial charge on any atom is 0.122 e. The summed E-state index contributed by atoms with van der Waals surface area (Å²) in [7, 11) is 1.66. The molecule has 1 N–H and O–H groups in total. The predicted octanol–water partition coefficient (Wildman–Crippen LogP) is 3.45. The van der Waals surface area contributed by atoms with Gasteiger partial charge in [0.25, 0.3) is 0 Å². The van der Waals surface area contributed by atoms with Crippen molar-refractivity contribution in [1.82, 2.24) is 0 Å². The molecule has 0 heterocycles. The number of benzene rings is 1. The molecule has 0 saturated heterocycles. The number of nitrogens with one attached hydrogen (secondary N) is 1. The van der Waals surface area contributed by atoms with Gasteiger partial charge in [-0.2, -0.15) is 0 Å². The third kappa shape index (κ3) is 3.42. The van der Waals surface area contributed by atoms with E-state index in [1.165, 1.54) is 0 Å². The minimum absolute atomic E-state index is 0.848. The van der Waals surface area contributed by atoms with Crippen LogP contribution in [0.5, 0.6) is 5.75 Å². The van der Waals surface area contributed by atoms with Crippen molar-refractivity contribution in [2.45, 2.75) is 6.42 Å². The van der Waals surface area contributed by atoms with Crippen molar-refractivity contribution in [3.8, 4) is 5.75 Å². The van der Waals surface area contributed by atoms with Gasteiger partial charge in [-0.1, -0.05) is 22.0 Å². The Morgan fingerprint density at radius 2 is 2.29 bits per heavy atom. The molecule has 3 heteroatoms. The molecule has 76 valence electrons. The molecule has 0 spiro atoms. The highest BCUT2D eigenvalue weighted by Gasteiger charge is 1.98. The van der Waals surface area contributed by atoms with Crippen molar-refractivity contribution in [2.24, 2.45) is 0 Å². The number of hydrogen-bond acceptors (Lipinski definition) is 2. The van der Waals surface area contributed by atoms with Crippen molar-refractivity contribution in [3.63, 3.8) is 0 Å². The molecule has 0 aromatic heterocycles. The lowest BCUT2D eigenvalue weighted by Gasteiger charge is -2.07. The average Bonchev–Trinajstić information content (AvgIpc) is 2.17. The van der Waals surface area contributed by atoms with E-state index in [9.17, 15) is 0 Å². The summed E-state index contributed by atoms with van der Waals surface area (Å²) in [6.45, 7) is 4.56. The van der Waals surface area contributed by atoms with Crippen LogP contribution in [0.15, 0.2) is 35.3 Å². The van der Waals surface area contributed by atoms with Crippen molar-refractivity contribution in [1.29, 1.82) is 0 Å². The van der Waals surface area contributed by atoms with Gasteiger partial charge >= 0.3 is 0 Å². The third-order valence-electron chi connectivity index (χ3n) is 1.78. The molecule has 2 nitrogen and oxygen atoms in total. The van der Waals surface area contributed by atoms with E-state index in [0.29, 0.717) is 0 Å². The average molecular weight is 256 g/mol. The molecule has 0 bridgehead atoms. The monoisotopic (exact) mass is 255 g/mol. The lowest BCUT2D eigenvalue weighted by atomic mass is 10.3. The van der Waals surface area contributed by atoms with Crippen LogP contribution in [0.25, 0.3) is 0 Å². The summed E-state index contributed by atoms with van der Waals surface area (Å²) in [5, 5.41) is 3.28. The first-order valence-corrected chi connectivity index (χ1v) is 5.25. The third-order valence-corrected chi connectivity index (χ3v) is 2.24. The largest absolute Gasteiger partial charge is 0.497 e. The molecule has 14 heavy (non-hydrogen) atoms. The zero-order valence-corrected chi connectivity index (χ0v) is 9.80. The first-order valence-electron chi connectivity index (χ1n) is 4.45. The fourth-order valence-corrected chi connectivity index (χ4v) is 1.57. The summed E-state index contributed by atoms with van der Waals surface area (Å²) in [5.74, 6) is 0.848. The number of ether oxygens (including phenoxy) is 1. The molecule has 0 aliphatic heterocycles. The standard InChI is InChI=1S/C11H14BrNO/c1-3-4-5-13-10-6-9(12)7-11(8-10)14-2/h3,6-8,13H,1,4-5H2,2H3. The molecule has 0 atom stereocenters. The van der Waals surface area contributed by atoms with Gasteiger partial charge < -0.3 is 10.1 Å². The van der Waals surface area contributed by atoms with Gasteiger partial charge in [0.2, 0.25) is 0 Å². The fourth-order valence-electron chi connectivity index (χ4n) is 1.10. The highest BCUT2D eigenvalue weighted by atomic mass is 79.9. The van der Waals surface area contributed by atoms with Gasteiger partial charge in [0.05, 0.1) is 7.11 Å². The highest BCUT2D eigenvalue weighted by Crippen LogP contribution is 2.24. The Kier molecular flexibility index (Phi) is 4.53. The maximum atomic E-state index is 5.15. The predicted molar refractivity (Wildman–Crippen MR) is 64.0 cm³/mol. The second-order valence-electron chi connectivity index (χ2n) is 2.88. The Morgan fingerprint density at radius 3 is 2.93 bits per heavy atom. The Labute approximate surface area is 93.1 Å². The van der Waals surface area contributed by atoms with Crippen molar-refractivity contribution in [2.75, 3.05) is 19.0 Å². The van der Waals surface area contributed by atoms with E-state index in [4.69, 9.17) is 4.74 Å². The highest BCUT2D eigenvalue weighted by molar-refractivity contribution is 9.10. The van der Waals surface area contributed by atoms with E-state index < -0.39 is 0 Å². The van der Waals surface area contributed by atoms with Crippen LogP contribution in [0.3, 0.4) is 0 Å². The molecule has 1 aromatic carbocycles. The van der Waals surface area contributed by atoms with Crippen LogP contribution >= 0.6 is 15.9 Å². The summed E-state index contributed by atoms with van der Waals surface area (Å²) in [6, 6.07) is 5.91. The van der Waals surface area contributed by atoms with E-state index in [1.54, 1.807) is 7.11 Å². The zero-order chi connectivity index (χ0) is 10.4. The number of halogens is 1. The SMILES string of the molecule is C=CCCNc1cc(Br)cc(OC)c1. The van der Waals surface area contributed by atoms with Crippen LogP contribution in [0.1, 0.15) is 6.42 Å². The minimum Gasteiger partial charge on any atom is -0.497 e. The number of hydrogen-bond donors (Lipinski definition) is 1. The zero-order valence-electron chi connectivity index (χ0n) is 8.22. The molecule has 1 rings (SSSR count). The van der Waals surface area contributed by atoms with Gasteiger partial charge in [0.1, 0.15) is 5.75 Å². The summed E-state index contributed by atoms with van der Waals surface area (Å²) in [6.07, 6.45) is 2.84.